The van der Waals surface area contributed by atoms with Gasteiger partial charge in [0.25, 0.3) is 0 Å². The number of nitrogens with zero attached hydrogens (tertiary/aromatic N) is 1. The highest BCUT2D eigenvalue weighted by Gasteiger charge is 2.25. The first-order valence-electron chi connectivity index (χ1n) is 6.89. The fourth-order valence-electron chi connectivity index (χ4n) is 2.39. The molecule has 0 aliphatic rings. The van der Waals surface area contributed by atoms with Crippen LogP contribution in [0, 0.1) is 6.92 Å². The zero-order chi connectivity index (χ0) is 13.9. The summed E-state index contributed by atoms with van der Waals surface area (Å²) >= 11 is 0. The Labute approximate surface area is 114 Å². The number of aromatic nitrogens is 1. The maximum Gasteiger partial charge on any atom is 0.0725 e. The molecule has 3 nitrogen and oxygen atoms in total. The molecule has 0 saturated carbocycles. The standard InChI is InChI=1S/C16H22N2O/c1-4-16(5-2,11-19)18-15-10-12(3)17-14-9-7-6-8-13(14)15/h6-10,19H,4-5,11H2,1-3H3,(H,17,18). The first kappa shape index (κ1) is 13.8. The highest BCUT2D eigenvalue weighted by atomic mass is 16.3. The summed E-state index contributed by atoms with van der Waals surface area (Å²) in [7, 11) is 0. The third-order valence-electron chi connectivity index (χ3n) is 3.90. The number of hydrogen-bond donors (Lipinski definition) is 2. The first-order chi connectivity index (χ1) is 9.14. The van der Waals surface area contributed by atoms with E-state index in [0.717, 1.165) is 35.1 Å². The van der Waals surface area contributed by atoms with Gasteiger partial charge in [-0.2, -0.15) is 0 Å². The summed E-state index contributed by atoms with van der Waals surface area (Å²) in [5.41, 5.74) is 2.78. The van der Waals surface area contributed by atoms with E-state index >= 15 is 0 Å². The molecule has 0 bridgehead atoms. The monoisotopic (exact) mass is 258 g/mol. The molecule has 1 aromatic heterocycles. The third kappa shape index (κ3) is 2.71. The summed E-state index contributed by atoms with van der Waals surface area (Å²) < 4.78 is 0. The highest BCUT2D eigenvalue weighted by Crippen LogP contribution is 2.28. The van der Waals surface area contributed by atoms with E-state index in [0.29, 0.717) is 0 Å². The van der Waals surface area contributed by atoms with Crippen LogP contribution in [-0.2, 0) is 0 Å². The zero-order valence-corrected chi connectivity index (χ0v) is 11.9. The molecule has 1 aromatic carbocycles. The zero-order valence-electron chi connectivity index (χ0n) is 11.9. The Bertz CT molecular complexity index is 553. The Morgan fingerprint density at radius 1 is 1.21 bits per heavy atom. The van der Waals surface area contributed by atoms with Crippen molar-refractivity contribution in [3.8, 4) is 0 Å². The topological polar surface area (TPSA) is 45.1 Å². The number of pyridine rings is 1. The highest BCUT2D eigenvalue weighted by molar-refractivity contribution is 5.91. The summed E-state index contributed by atoms with van der Waals surface area (Å²) in [4.78, 5) is 4.54. The Kier molecular flexibility index (Phi) is 4.05. The molecule has 2 rings (SSSR count). The smallest absolute Gasteiger partial charge is 0.0725 e. The molecular weight excluding hydrogens is 236 g/mol. The minimum Gasteiger partial charge on any atom is -0.394 e. The minimum absolute atomic E-state index is 0.135. The van der Waals surface area contributed by atoms with Gasteiger partial charge in [0, 0.05) is 16.8 Å². The van der Waals surface area contributed by atoms with Gasteiger partial charge >= 0.3 is 0 Å². The third-order valence-corrected chi connectivity index (χ3v) is 3.90. The van der Waals surface area contributed by atoms with Gasteiger partial charge in [-0.05, 0) is 31.9 Å². The van der Waals surface area contributed by atoms with Crippen LogP contribution in [-0.4, -0.2) is 22.2 Å². The van der Waals surface area contributed by atoms with Gasteiger partial charge in [-0.15, -0.1) is 0 Å². The molecule has 0 aliphatic carbocycles. The second-order valence-corrected chi connectivity index (χ2v) is 5.10. The predicted octanol–water partition coefficient (Wildman–Crippen LogP) is 3.51. The number of para-hydroxylation sites is 1. The summed E-state index contributed by atoms with van der Waals surface area (Å²) in [5, 5.41) is 14.3. The van der Waals surface area contributed by atoms with Crippen LogP contribution >= 0.6 is 0 Å². The summed E-state index contributed by atoms with van der Waals surface area (Å²) in [6, 6.07) is 10.2. The van der Waals surface area contributed by atoms with Gasteiger partial charge in [0.2, 0.25) is 0 Å². The van der Waals surface area contributed by atoms with Crippen LogP contribution in [0.25, 0.3) is 10.9 Å². The number of anilines is 1. The van der Waals surface area contributed by atoms with Crippen LogP contribution < -0.4 is 5.32 Å². The Balaban J connectivity index is 2.50. The van der Waals surface area contributed by atoms with E-state index in [9.17, 15) is 5.11 Å². The first-order valence-corrected chi connectivity index (χ1v) is 6.89. The maximum atomic E-state index is 9.70. The normalized spacial score (nSPS) is 11.8. The van der Waals surface area contributed by atoms with Crippen molar-refractivity contribution in [1.29, 1.82) is 0 Å². The van der Waals surface area contributed by atoms with E-state index in [2.05, 4.69) is 36.3 Å². The SMILES string of the molecule is CCC(CC)(CO)Nc1cc(C)nc2ccccc12. The van der Waals surface area contributed by atoms with E-state index in [1.165, 1.54) is 0 Å². The Hall–Kier alpha value is -1.61. The van der Waals surface area contributed by atoms with Gasteiger partial charge in [0.15, 0.2) is 0 Å². The van der Waals surface area contributed by atoms with E-state index in [-0.39, 0.29) is 12.1 Å². The van der Waals surface area contributed by atoms with Crippen LogP contribution in [0.4, 0.5) is 5.69 Å². The van der Waals surface area contributed by atoms with E-state index < -0.39 is 0 Å². The molecular formula is C16H22N2O. The molecule has 0 amide bonds. The predicted molar refractivity (Wildman–Crippen MR) is 80.5 cm³/mol. The van der Waals surface area contributed by atoms with Crippen LogP contribution in [0.3, 0.4) is 0 Å². The number of aliphatic hydroxyl groups excluding tert-OH is 1. The van der Waals surface area contributed by atoms with Crippen molar-refractivity contribution in [2.45, 2.75) is 39.2 Å². The van der Waals surface area contributed by atoms with Crippen LogP contribution in [0.2, 0.25) is 0 Å². The molecule has 0 radical (unpaired) electrons. The lowest BCUT2D eigenvalue weighted by molar-refractivity contribution is 0.202. The quantitative estimate of drug-likeness (QED) is 0.862. The van der Waals surface area contributed by atoms with Crippen molar-refractivity contribution in [2.24, 2.45) is 0 Å². The van der Waals surface area contributed by atoms with Crippen LogP contribution in [0.5, 0.6) is 0 Å². The molecule has 0 atom stereocenters. The molecule has 3 heteroatoms. The lowest BCUT2D eigenvalue weighted by Crippen LogP contribution is -2.40. The van der Waals surface area contributed by atoms with Gasteiger partial charge in [0.05, 0.1) is 17.7 Å². The molecule has 0 aliphatic heterocycles. The summed E-state index contributed by atoms with van der Waals surface area (Å²) in [5.74, 6) is 0. The van der Waals surface area contributed by atoms with Gasteiger partial charge < -0.3 is 10.4 Å². The van der Waals surface area contributed by atoms with Crippen LogP contribution in [0.15, 0.2) is 30.3 Å². The molecule has 2 N–H and O–H groups in total. The minimum atomic E-state index is -0.253. The molecule has 19 heavy (non-hydrogen) atoms. The number of rotatable bonds is 5. The van der Waals surface area contributed by atoms with Crippen molar-refractivity contribution in [1.82, 2.24) is 4.98 Å². The number of aliphatic hydroxyl groups is 1. The van der Waals surface area contributed by atoms with Crippen molar-refractivity contribution in [3.63, 3.8) is 0 Å². The number of aryl methyl sites for hydroxylation is 1. The lowest BCUT2D eigenvalue weighted by atomic mass is 9.93. The van der Waals surface area contributed by atoms with Crippen molar-refractivity contribution < 1.29 is 5.11 Å². The molecule has 102 valence electrons. The molecule has 0 saturated heterocycles. The number of nitrogens with one attached hydrogen (secondary N) is 1. The summed E-state index contributed by atoms with van der Waals surface area (Å²) in [6.07, 6.45) is 1.77. The van der Waals surface area contributed by atoms with Crippen molar-refractivity contribution >= 4 is 16.6 Å². The molecule has 1 heterocycles. The average Bonchev–Trinajstić information content (AvgIpc) is 2.44. The van der Waals surface area contributed by atoms with E-state index in [1.807, 2.05) is 25.1 Å². The van der Waals surface area contributed by atoms with Crippen molar-refractivity contribution in [2.75, 3.05) is 11.9 Å². The van der Waals surface area contributed by atoms with Gasteiger partial charge in [0.1, 0.15) is 0 Å². The molecule has 0 spiro atoms. The van der Waals surface area contributed by atoms with E-state index in [4.69, 9.17) is 0 Å². The Morgan fingerprint density at radius 2 is 1.89 bits per heavy atom. The Morgan fingerprint density at radius 3 is 2.53 bits per heavy atom. The second kappa shape index (κ2) is 5.57. The lowest BCUT2D eigenvalue weighted by Gasteiger charge is -2.32. The fourth-order valence-corrected chi connectivity index (χ4v) is 2.39. The van der Waals surface area contributed by atoms with Crippen molar-refractivity contribution in [3.05, 3.63) is 36.0 Å². The van der Waals surface area contributed by atoms with Gasteiger partial charge in [-0.3, -0.25) is 4.98 Å². The maximum absolute atomic E-state index is 9.70. The van der Waals surface area contributed by atoms with E-state index in [1.54, 1.807) is 0 Å². The fraction of sp³-hybridized carbons (Fsp3) is 0.438. The summed E-state index contributed by atoms with van der Waals surface area (Å²) in [6.45, 7) is 6.33. The number of hydrogen-bond acceptors (Lipinski definition) is 3. The number of fused-ring (bicyclic) bond motifs is 1. The van der Waals surface area contributed by atoms with Crippen LogP contribution in [0.1, 0.15) is 32.4 Å². The average molecular weight is 258 g/mol. The van der Waals surface area contributed by atoms with Gasteiger partial charge in [-0.1, -0.05) is 32.0 Å². The largest absolute Gasteiger partial charge is 0.394 e. The molecule has 0 unspecified atom stereocenters. The molecule has 0 fully saturated rings. The second-order valence-electron chi connectivity index (χ2n) is 5.10. The van der Waals surface area contributed by atoms with Gasteiger partial charge in [-0.25, -0.2) is 0 Å². The molecule has 2 aromatic rings. The number of benzene rings is 1.